The lowest BCUT2D eigenvalue weighted by atomic mass is 9.97. The van der Waals surface area contributed by atoms with Crippen molar-refractivity contribution in [2.24, 2.45) is 13.0 Å². The normalized spacial score (nSPS) is 22.2. The number of hydrogen-bond donors (Lipinski definition) is 0. The van der Waals surface area contributed by atoms with E-state index >= 15 is 0 Å². The van der Waals surface area contributed by atoms with E-state index < -0.39 is 0 Å². The maximum atomic E-state index is 11.9. The minimum Gasteiger partial charge on any atom is -0.381 e. The van der Waals surface area contributed by atoms with Crippen LogP contribution < -0.4 is 0 Å². The van der Waals surface area contributed by atoms with Gasteiger partial charge < -0.3 is 9.30 Å². The summed E-state index contributed by atoms with van der Waals surface area (Å²) in [5.74, 6) is 0.655. The maximum absolute atomic E-state index is 11.9. The fraction of sp³-hybridized carbons (Fsp3) is 0.600. The quantitative estimate of drug-likeness (QED) is 0.660. The van der Waals surface area contributed by atoms with E-state index in [2.05, 4.69) is 4.98 Å². The van der Waals surface area contributed by atoms with Crippen LogP contribution >= 0.6 is 0 Å². The van der Waals surface area contributed by atoms with E-state index in [1.807, 2.05) is 7.05 Å². The zero-order chi connectivity index (χ0) is 9.97. The van der Waals surface area contributed by atoms with Crippen LogP contribution in [-0.4, -0.2) is 28.5 Å². The second-order valence-electron chi connectivity index (χ2n) is 3.64. The van der Waals surface area contributed by atoms with Gasteiger partial charge in [0.05, 0.1) is 6.61 Å². The van der Waals surface area contributed by atoms with Crippen molar-refractivity contribution in [2.75, 3.05) is 13.2 Å². The van der Waals surface area contributed by atoms with Gasteiger partial charge in [-0.05, 0) is 12.8 Å². The highest BCUT2D eigenvalue weighted by Gasteiger charge is 2.25. The number of hydrogen-bond acceptors (Lipinski definition) is 3. The first kappa shape index (κ1) is 9.40. The number of imidazole rings is 1. The van der Waals surface area contributed by atoms with Crippen molar-refractivity contribution in [3.63, 3.8) is 0 Å². The molecule has 1 aliphatic rings. The van der Waals surface area contributed by atoms with Crippen LogP contribution in [0.1, 0.15) is 23.5 Å². The number of aryl methyl sites for hydroxylation is 1. The summed E-state index contributed by atoms with van der Waals surface area (Å²) in [5.41, 5.74) is 0. The SMILES string of the molecule is Cn1ccnc1C(=O)[C@@H]1CCCOC1. The number of aromatic nitrogens is 2. The molecule has 4 nitrogen and oxygen atoms in total. The largest absolute Gasteiger partial charge is 0.381 e. The van der Waals surface area contributed by atoms with Gasteiger partial charge in [0.25, 0.3) is 0 Å². The number of ketones is 1. The standard InChI is InChI=1S/C10H14N2O2/c1-12-5-4-11-10(12)9(13)8-3-2-6-14-7-8/h4-5,8H,2-3,6-7H2,1H3/t8-/m1/s1. The summed E-state index contributed by atoms with van der Waals surface area (Å²) in [4.78, 5) is 16.0. The summed E-state index contributed by atoms with van der Waals surface area (Å²) < 4.78 is 7.04. The summed E-state index contributed by atoms with van der Waals surface area (Å²) in [7, 11) is 1.84. The summed E-state index contributed by atoms with van der Waals surface area (Å²) in [6, 6.07) is 0. The molecule has 0 radical (unpaired) electrons. The third-order valence-electron chi connectivity index (χ3n) is 2.57. The Morgan fingerprint density at radius 3 is 3.14 bits per heavy atom. The predicted octanol–water partition coefficient (Wildman–Crippen LogP) is 1.03. The summed E-state index contributed by atoms with van der Waals surface area (Å²) in [5, 5.41) is 0. The molecule has 1 atom stereocenters. The second-order valence-corrected chi connectivity index (χ2v) is 3.64. The van der Waals surface area contributed by atoms with Crippen molar-refractivity contribution in [1.29, 1.82) is 0 Å². The van der Waals surface area contributed by atoms with Crippen LogP contribution in [0.5, 0.6) is 0 Å². The third-order valence-corrected chi connectivity index (χ3v) is 2.57. The van der Waals surface area contributed by atoms with Gasteiger partial charge in [-0.25, -0.2) is 4.98 Å². The van der Waals surface area contributed by atoms with Crippen molar-refractivity contribution in [3.05, 3.63) is 18.2 Å². The molecule has 2 rings (SSSR count). The molecule has 0 aromatic carbocycles. The molecule has 2 heterocycles. The number of Topliss-reactive ketones (excluding diaryl/α,β-unsaturated/α-hetero) is 1. The molecule has 0 saturated carbocycles. The molecule has 1 aromatic rings. The number of carbonyl (C=O) groups is 1. The molecule has 0 aliphatic carbocycles. The third kappa shape index (κ3) is 1.70. The average Bonchev–Trinajstić information content (AvgIpc) is 2.65. The van der Waals surface area contributed by atoms with Crippen LogP contribution in [0, 0.1) is 5.92 Å². The van der Waals surface area contributed by atoms with Gasteiger partial charge >= 0.3 is 0 Å². The van der Waals surface area contributed by atoms with Crippen LogP contribution in [0.15, 0.2) is 12.4 Å². The second kappa shape index (κ2) is 3.92. The van der Waals surface area contributed by atoms with Gasteiger partial charge in [0.15, 0.2) is 5.82 Å². The summed E-state index contributed by atoms with van der Waals surface area (Å²) in [6.45, 7) is 1.33. The number of rotatable bonds is 2. The molecule has 0 spiro atoms. The van der Waals surface area contributed by atoms with Gasteiger partial charge in [0, 0.05) is 32.0 Å². The highest BCUT2D eigenvalue weighted by molar-refractivity contribution is 5.94. The maximum Gasteiger partial charge on any atom is 0.203 e. The highest BCUT2D eigenvalue weighted by Crippen LogP contribution is 2.17. The topological polar surface area (TPSA) is 44.1 Å². The Morgan fingerprint density at radius 1 is 1.71 bits per heavy atom. The lowest BCUT2D eigenvalue weighted by Gasteiger charge is -2.20. The van der Waals surface area contributed by atoms with E-state index in [4.69, 9.17) is 4.74 Å². The molecule has 1 aromatic heterocycles. The van der Waals surface area contributed by atoms with Gasteiger partial charge in [-0.15, -0.1) is 0 Å². The minimum absolute atomic E-state index is 0.00449. The monoisotopic (exact) mass is 194 g/mol. The lowest BCUT2D eigenvalue weighted by Crippen LogP contribution is -2.27. The Kier molecular flexibility index (Phi) is 2.63. The Hall–Kier alpha value is -1.16. The molecule has 14 heavy (non-hydrogen) atoms. The fourth-order valence-corrected chi connectivity index (χ4v) is 1.73. The predicted molar refractivity (Wildman–Crippen MR) is 51.1 cm³/mol. The van der Waals surface area contributed by atoms with Crippen molar-refractivity contribution >= 4 is 5.78 Å². The van der Waals surface area contributed by atoms with Crippen molar-refractivity contribution in [1.82, 2.24) is 9.55 Å². The minimum atomic E-state index is 0.00449. The molecule has 76 valence electrons. The Labute approximate surface area is 82.9 Å². The first-order valence-electron chi connectivity index (χ1n) is 4.88. The van der Waals surface area contributed by atoms with Crippen molar-refractivity contribution in [2.45, 2.75) is 12.8 Å². The van der Waals surface area contributed by atoms with E-state index in [0.717, 1.165) is 19.4 Å². The van der Waals surface area contributed by atoms with Crippen LogP contribution in [0.3, 0.4) is 0 Å². The fourth-order valence-electron chi connectivity index (χ4n) is 1.73. The smallest absolute Gasteiger partial charge is 0.203 e. The van der Waals surface area contributed by atoms with Gasteiger partial charge in [-0.3, -0.25) is 4.79 Å². The zero-order valence-corrected chi connectivity index (χ0v) is 8.27. The van der Waals surface area contributed by atoms with E-state index in [-0.39, 0.29) is 11.7 Å². The molecule has 0 bridgehead atoms. The van der Waals surface area contributed by atoms with Gasteiger partial charge in [0.1, 0.15) is 0 Å². The number of carbonyl (C=O) groups excluding carboxylic acids is 1. The lowest BCUT2D eigenvalue weighted by molar-refractivity contribution is 0.0452. The molecule has 1 fully saturated rings. The van der Waals surface area contributed by atoms with Crippen LogP contribution in [0.2, 0.25) is 0 Å². The van der Waals surface area contributed by atoms with Crippen molar-refractivity contribution in [3.8, 4) is 0 Å². The van der Waals surface area contributed by atoms with E-state index in [9.17, 15) is 4.79 Å². The molecule has 1 saturated heterocycles. The Balaban J connectivity index is 2.11. The van der Waals surface area contributed by atoms with E-state index in [1.165, 1.54) is 0 Å². The van der Waals surface area contributed by atoms with Gasteiger partial charge in [-0.1, -0.05) is 0 Å². The van der Waals surface area contributed by atoms with Crippen LogP contribution in [0.4, 0.5) is 0 Å². The highest BCUT2D eigenvalue weighted by atomic mass is 16.5. The molecule has 0 N–H and O–H groups in total. The van der Waals surface area contributed by atoms with E-state index in [1.54, 1.807) is 17.0 Å². The van der Waals surface area contributed by atoms with Crippen molar-refractivity contribution < 1.29 is 9.53 Å². The molecule has 1 aliphatic heterocycles. The number of ether oxygens (including phenoxy) is 1. The number of nitrogens with zero attached hydrogens (tertiary/aromatic N) is 2. The Morgan fingerprint density at radius 2 is 2.57 bits per heavy atom. The molecule has 0 amide bonds. The van der Waals surface area contributed by atoms with Gasteiger partial charge in [-0.2, -0.15) is 0 Å². The zero-order valence-electron chi connectivity index (χ0n) is 8.27. The van der Waals surface area contributed by atoms with Gasteiger partial charge in [0.2, 0.25) is 5.78 Å². The van der Waals surface area contributed by atoms with Crippen LogP contribution in [-0.2, 0) is 11.8 Å². The molecular weight excluding hydrogens is 180 g/mol. The molecule has 4 heteroatoms. The molecule has 0 unspecified atom stereocenters. The summed E-state index contributed by atoms with van der Waals surface area (Å²) in [6.07, 6.45) is 5.33. The van der Waals surface area contributed by atoms with E-state index in [0.29, 0.717) is 12.4 Å². The summed E-state index contributed by atoms with van der Waals surface area (Å²) >= 11 is 0. The first-order chi connectivity index (χ1) is 6.79. The average molecular weight is 194 g/mol. The van der Waals surface area contributed by atoms with Crippen LogP contribution in [0.25, 0.3) is 0 Å². The Bertz CT molecular complexity index is 327. The molecular formula is C10H14N2O2. The first-order valence-corrected chi connectivity index (χ1v) is 4.88.